The van der Waals surface area contributed by atoms with Crippen LogP contribution in [0.15, 0.2) is 71.2 Å². The molecule has 202 valence electrons. The van der Waals surface area contributed by atoms with E-state index in [1.165, 1.54) is 30.3 Å². The van der Waals surface area contributed by atoms with Crippen LogP contribution in [0.2, 0.25) is 0 Å². The summed E-state index contributed by atoms with van der Waals surface area (Å²) in [7, 11) is 0. The minimum atomic E-state index is -1.40. The normalized spacial score (nSPS) is 14.1. The van der Waals surface area contributed by atoms with Crippen molar-refractivity contribution in [3.63, 3.8) is 0 Å². The summed E-state index contributed by atoms with van der Waals surface area (Å²) in [6, 6.07) is 16.3. The van der Waals surface area contributed by atoms with Crippen LogP contribution in [-0.2, 0) is 9.53 Å². The van der Waals surface area contributed by atoms with E-state index in [2.05, 4.69) is 21.2 Å². The molecule has 0 spiro atoms. The number of nitrogens with one attached hydrogen (secondary N) is 1. The second kappa shape index (κ2) is 12.5. The third kappa shape index (κ3) is 6.77. The van der Waals surface area contributed by atoms with Crippen molar-refractivity contribution in [2.45, 2.75) is 31.8 Å². The Bertz CT molecular complexity index is 1390. The SMILES string of the molecule is O=C(OC(C(=O)Nc1ccc([N+](=O)[O-])cc1Br)c1ccccc1)c1ccc(N2CCCCCC2)c([N+](=O)[O-])c1. The van der Waals surface area contributed by atoms with Crippen LogP contribution >= 0.6 is 15.9 Å². The minimum Gasteiger partial charge on any atom is -0.444 e. The average Bonchev–Trinajstić information content (AvgIpc) is 3.22. The van der Waals surface area contributed by atoms with Crippen molar-refractivity contribution in [1.82, 2.24) is 0 Å². The highest BCUT2D eigenvalue weighted by atomic mass is 79.9. The van der Waals surface area contributed by atoms with Crippen molar-refractivity contribution >= 4 is 50.6 Å². The summed E-state index contributed by atoms with van der Waals surface area (Å²) in [6.07, 6.45) is 2.59. The molecule has 1 aliphatic rings. The molecule has 0 aliphatic carbocycles. The van der Waals surface area contributed by atoms with Crippen molar-refractivity contribution in [3.05, 3.63) is 103 Å². The molecule has 0 bridgehead atoms. The van der Waals surface area contributed by atoms with Gasteiger partial charge in [0, 0.05) is 41.3 Å². The van der Waals surface area contributed by atoms with E-state index in [9.17, 15) is 29.8 Å². The van der Waals surface area contributed by atoms with Gasteiger partial charge >= 0.3 is 5.97 Å². The van der Waals surface area contributed by atoms with Gasteiger partial charge in [0.1, 0.15) is 5.69 Å². The smallest absolute Gasteiger partial charge is 0.339 e. The van der Waals surface area contributed by atoms with Gasteiger partial charge in [-0.25, -0.2) is 4.79 Å². The van der Waals surface area contributed by atoms with Gasteiger partial charge in [-0.2, -0.15) is 0 Å². The van der Waals surface area contributed by atoms with Crippen molar-refractivity contribution in [2.24, 2.45) is 0 Å². The molecule has 39 heavy (non-hydrogen) atoms. The number of rotatable bonds is 8. The molecule has 1 fully saturated rings. The molecule has 0 radical (unpaired) electrons. The summed E-state index contributed by atoms with van der Waals surface area (Å²) >= 11 is 3.21. The highest BCUT2D eigenvalue weighted by Gasteiger charge is 2.29. The number of halogens is 1. The first-order chi connectivity index (χ1) is 18.7. The Kier molecular flexibility index (Phi) is 8.87. The Morgan fingerprint density at radius 1 is 0.897 bits per heavy atom. The first kappa shape index (κ1) is 27.7. The summed E-state index contributed by atoms with van der Waals surface area (Å²) in [5.74, 6) is -1.62. The fourth-order valence-electron chi connectivity index (χ4n) is 4.37. The number of hydrogen-bond acceptors (Lipinski definition) is 8. The molecule has 0 saturated carbocycles. The monoisotopic (exact) mass is 596 g/mol. The Labute approximate surface area is 232 Å². The molecule has 1 saturated heterocycles. The number of nitro benzene ring substituents is 2. The molecule has 3 aromatic carbocycles. The van der Waals surface area contributed by atoms with E-state index < -0.39 is 27.8 Å². The van der Waals surface area contributed by atoms with Crippen LogP contribution in [0, 0.1) is 20.2 Å². The van der Waals surface area contributed by atoms with E-state index in [1.54, 1.807) is 36.4 Å². The molecule has 11 nitrogen and oxygen atoms in total. The lowest BCUT2D eigenvalue weighted by Gasteiger charge is -2.23. The number of nitrogens with zero attached hydrogens (tertiary/aromatic N) is 3. The maximum Gasteiger partial charge on any atom is 0.339 e. The van der Waals surface area contributed by atoms with Gasteiger partial charge in [0.2, 0.25) is 6.10 Å². The summed E-state index contributed by atoms with van der Waals surface area (Å²) in [4.78, 5) is 50.2. The van der Waals surface area contributed by atoms with Gasteiger partial charge in [0.25, 0.3) is 17.3 Å². The molecule has 4 rings (SSSR count). The van der Waals surface area contributed by atoms with Gasteiger partial charge in [-0.05, 0) is 47.0 Å². The van der Waals surface area contributed by atoms with Gasteiger partial charge in [0.15, 0.2) is 0 Å². The topological polar surface area (TPSA) is 145 Å². The van der Waals surface area contributed by atoms with Crippen molar-refractivity contribution in [3.8, 4) is 0 Å². The maximum atomic E-state index is 13.3. The van der Waals surface area contributed by atoms with Gasteiger partial charge in [-0.1, -0.05) is 43.2 Å². The molecule has 1 unspecified atom stereocenters. The maximum absolute atomic E-state index is 13.3. The number of carbonyl (C=O) groups is 2. The first-order valence-corrected chi connectivity index (χ1v) is 13.1. The highest BCUT2D eigenvalue weighted by molar-refractivity contribution is 9.10. The molecule has 0 aromatic heterocycles. The molecule has 1 amide bonds. The Balaban J connectivity index is 1.59. The zero-order valence-electron chi connectivity index (χ0n) is 20.7. The number of hydrogen-bond donors (Lipinski definition) is 1. The number of anilines is 2. The zero-order valence-corrected chi connectivity index (χ0v) is 22.3. The molecular weight excluding hydrogens is 572 g/mol. The Hall–Kier alpha value is -4.32. The van der Waals surface area contributed by atoms with E-state index >= 15 is 0 Å². The molecular formula is C27H25BrN4O7. The summed E-state index contributed by atoms with van der Waals surface area (Å²) < 4.78 is 5.85. The van der Waals surface area contributed by atoms with Crippen LogP contribution in [0.5, 0.6) is 0 Å². The lowest BCUT2D eigenvalue weighted by atomic mass is 10.1. The average molecular weight is 597 g/mol. The standard InChI is InChI=1S/C27H25BrN4O7/c28-21-17-20(31(35)36)11-12-22(21)29-26(33)25(18-8-4-3-5-9-18)39-27(34)19-10-13-23(24(16-19)32(37)38)30-14-6-1-2-7-15-30/h3-5,8-13,16-17,25H,1-2,6-7,14-15H2,(H,29,33). The van der Waals surface area contributed by atoms with E-state index in [-0.39, 0.29) is 27.1 Å². The van der Waals surface area contributed by atoms with E-state index in [0.29, 0.717) is 24.3 Å². The lowest BCUT2D eigenvalue weighted by Crippen LogP contribution is -2.26. The van der Waals surface area contributed by atoms with Crippen molar-refractivity contribution in [2.75, 3.05) is 23.3 Å². The number of ether oxygens (including phenoxy) is 1. The number of nitro groups is 2. The molecule has 1 aliphatic heterocycles. The lowest BCUT2D eigenvalue weighted by molar-refractivity contribution is -0.384. The Morgan fingerprint density at radius 2 is 1.59 bits per heavy atom. The molecule has 3 aromatic rings. The largest absolute Gasteiger partial charge is 0.444 e. The molecule has 1 N–H and O–H groups in total. The van der Waals surface area contributed by atoms with Crippen LogP contribution in [-0.4, -0.2) is 34.8 Å². The number of non-ortho nitro benzene ring substituents is 1. The van der Waals surface area contributed by atoms with Crippen LogP contribution < -0.4 is 10.2 Å². The molecule has 1 atom stereocenters. The van der Waals surface area contributed by atoms with Crippen LogP contribution in [0.25, 0.3) is 0 Å². The fourth-order valence-corrected chi connectivity index (χ4v) is 4.83. The van der Waals surface area contributed by atoms with Crippen molar-refractivity contribution < 1.29 is 24.2 Å². The predicted octanol–water partition coefficient (Wildman–Crippen LogP) is 6.18. The van der Waals surface area contributed by atoms with Gasteiger partial charge in [-0.3, -0.25) is 25.0 Å². The summed E-state index contributed by atoms with van der Waals surface area (Å²) in [5, 5.41) is 25.5. The van der Waals surface area contributed by atoms with Crippen molar-refractivity contribution in [1.29, 1.82) is 0 Å². The predicted molar refractivity (Wildman–Crippen MR) is 148 cm³/mol. The number of esters is 1. The van der Waals surface area contributed by atoms with E-state index in [1.807, 2.05) is 4.90 Å². The van der Waals surface area contributed by atoms with Gasteiger partial charge in [-0.15, -0.1) is 0 Å². The van der Waals surface area contributed by atoms with Crippen LogP contribution in [0.4, 0.5) is 22.7 Å². The quantitative estimate of drug-likeness (QED) is 0.184. The number of amides is 1. The first-order valence-electron chi connectivity index (χ1n) is 12.3. The highest BCUT2D eigenvalue weighted by Crippen LogP contribution is 2.33. The molecule has 12 heteroatoms. The van der Waals surface area contributed by atoms with Crippen LogP contribution in [0.3, 0.4) is 0 Å². The Morgan fingerprint density at radius 3 is 2.21 bits per heavy atom. The molecule has 1 heterocycles. The van der Waals surface area contributed by atoms with E-state index in [4.69, 9.17) is 4.74 Å². The third-order valence-electron chi connectivity index (χ3n) is 6.34. The van der Waals surface area contributed by atoms with Gasteiger partial charge in [0.05, 0.1) is 21.1 Å². The fraction of sp³-hybridized carbons (Fsp3) is 0.259. The second-order valence-corrected chi connectivity index (χ2v) is 9.82. The van der Waals surface area contributed by atoms with Gasteiger partial charge < -0.3 is 15.0 Å². The van der Waals surface area contributed by atoms with Crippen LogP contribution in [0.1, 0.15) is 47.7 Å². The van der Waals surface area contributed by atoms with E-state index in [0.717, 1.165) is 25.7 Å². The third-order valence-corrected chi connectivity index (χ3v) is 7.00. The summed E-state index contributed by atoms with van der Waals surface area (Å²) in [6.45, 7) is 1.39. The summed E-state index contributed by atoms with van der Waals surface area (Å²) in [5.41, 5.74) is 0.611. The number of benzene rings is 3. The second-order valence-electron chi connectivity index (χ2n) is 8.97. The number of carbonyl (C=O) groups excluding carboxylic acids is 2. The minimum absolute atomic E-state index is 0.0643. The zero-order chi connectivity index (χ0) is 27.9.